The van der Waals surface area contributed by atoms with E-state index in [-0.39, 0.29) is 12.5 Å². The van der Waals surface area contributed by atoms with Crippen LogP contribution in [0.2, 0.25) is 15.1 Å². The molecule has 3 aromatic carbocycles. The van der Waals surface area contributed by atoms with Gasteiger partial charge in [-0.3, -0.25) is 4.79 Å². The highest BCUT2D eigenvalue weighted by Gasteiger charge is 2.24. The molecule has 0 radical (unpaired) electrons. The van der Waals surface area contributed by atoms with E-state index in [2.05, 4.69) is 26.2 Å². The van der Waals surface area contributed by atoms with Gasteiger partial charge in [0.1, 0.15) is 6.61 Å². The second-order valence-electron chi connectivity index (χ2n) is 7.25. The number of carbonyl (C=O) groups excluding carboxylic acids is 1. The van der Waals surface area contributed by atoms with Crippen LogP contribution in [0.5, 0.6) is 11.5 Å². The third-order valence-corrected chi connectivity index (χ3v) is 7.06. The zero-order chi connectivity index (χ0) is 24.9. The predicted octanol–water partition coefficient (Wildman–Crippen LogP) is 8.28. The van der Waals surface area contributed by atoms with Gasteiger partial charge in [0.25, 0.3) is 5.91 Å². The fourth-order valence-corrected chi connectivity index (χ4v) is 5.13. The summed E-state index contributed by atoms with van der Waals surface area (Å²) in [6.45, 7) is 2.56. The van der Waals surface area contributed by atoms with Crippen molar-refractivity contribution in [3.8, 4) is 11.5 Å². The molecule has 0 bridgehead atoms. The second kappa shape index (κ2) is 11.7. The van der Waals surface area contributed by atoms with Crippen LogP contribution in [0.3, 0.4) is 0 Å². The van der Waals surface area contributed by atoms with Crippen molar-refractivity contribution in [1.82, 2.24) is 5.32 Å². The van der Waals surface area contributed by atoms with Crippen molar-refractivity contribution in [2.24, 2.45) is 4.99 Å². The maximum atomic E-state index is 12.5. The Morgan fingerprint density at radius 1 is 1.03 bits per heavy atom. The van der Waals surface area contributed by atoms with E-state index >= 15 is 0 Å². The van der Waals surface area contributed by atoms with Gasteiger partial charge < -0.3 is 14.8 Å². The zero-order valence-electron chi connectivity index (χ0n) is 18.3. The average molecular weight is 613 g/mol. The van der Waals surface area contributed by atoms with Crippen LogP contribution in [0.4, 0.5) is 5.69 Å². The summed E-state index contributed by atoms with van der Waals surface area (Å²) in [5.74, 6) is 0.848. The second-order valence-corrected chi connectivity index (χ2v) is 10.4. The van der Waals surface area contributed by atoms with Gasteiger partial charge in [-0.25, -0.2) is 4.99 Å². The molecule has 1 aliphatic heterocycles. The van der Waals surface area contributed by atoms with Gasteiger partial charge in [0.2, 0.25) is 0 Å². The Labute approximate surface area is 230 Å². The molecule has 180 valence electrons. The standard InChI is InChI=1S/C25H18BrCl3N2O3S/c1-2-33-21-10-14(9-19(26)23(21)34-13-15-3-4-17(28)12-20(15)29)11-22-24(32)31-25(35-22)30-18-7-5-16(27)6-8-18/h3-12H,2,13H2,1H3,(H,30,31,32)/b22-11-. The quantitative estimate of drug-likeness (QED) is 0.273. The molecule has 1 fully saturated rings. The lowest BCUT2D eigenvalue weighted by atomic mass is 10.1. The molecule has 3 aromatic rings. The summed E-state index contributed by atoms with van der Waals surface area (Å²) in [6.07, 6.45) is 1.78. The van der Waals surface area contributed by atoms with E-state index in [0.717, 1.165) is 11.1 Å². The number of rotatable bonds is 7. The number of nitrogens with one attached hydrogen (secondary N) is 1. The summed E-state index contributed by atoms with van der Waals surface area (Å²) in [7, 11) is 0. The van der Waals surface area contributed by atoms with E-state index < -0.39 is 0 Å². The van der Waals surface area contributed by atoms with Gasteiger partial charge in [0.05, 0.1) is 21.7 Å². The maximum absolute atomic E-state index is 12.5. The van der Waals surface area contributed by atoms with Crippen LogP contribution in [-0.4, -0.2) is 17.7 Å². The van der Waals surface area contributed by atoms with Crippen LogP contribution < -0.4 is 14.8 Å². The van der Waals surface area contributed by atoms with Crippen molar-refractivity contribution in [2.75, 3.05) is 6.61 Å². The average Bonchev–Trinajstić information content (AvgIpc) is 3.14. The molecule has 1 N–H and O–H groups in total. The van der Waals surface area contributed by atoms with Gasteiger partial charge in [0, 0.05) is 20.6 Å². The van der Waals surface area contributed by atoms with Crippen molar-refractivity contribution in [1.29, 1.82) is 0 Å². The fraction of sp³-hybridized carbons (Fsp3) is 0.120. The van der Waals surface area contributed by atoms with Crippen molar-refractivity contribution in [3.63, 3.8) is 0 Å². The molecule has 4 rings (SSSR count). The Kier molecular flexibility index (Phi) is 8.68. The Morgan fingerprint density at radius 2 is 1.77 bits per heavy atom. The first kappa shape index (κ1) is 25.9. The smallest absolute Gasteiger partial charge is 0.264 e. The molecule has 0 spiro atoms. The van der Waals surface area contributed by atoms with Crippen molar-refractivity contribution >= 4 is 85.3 Å². The third-order valence-electron chi connectivity index (χ3n) is 4.72. The van der Waals surface area contributed by atoms with Crippen molar-refractivity contribution < 1.29 is 14.3 Å². The van der Waals surface area contributed by atoms with Gasteiger partial charge in [-0.05, 0) is 94.8 Å². The molecule has 1 aliphatic rings. The molecule has 0 unspecified atom stereocenters. The Bertz CT molecular complexity index is 1330. The summed E-state index contributed by atoms with van der Waals surface area (Å²) in [4.78, 5) is 17.5. The highest BCUT2D eigenvalue weighted by atomic mass is 79.9. The number of thioether (sulfide) groups is 1. The van der Waals surface area contributed by atoms with Crippen LogP contribution in [-0.2, 0) is 11.4 Å². The first-order valence-corrected chi connectivity index (χ1v) is 13.1. The van der Waals surface area contributed by atoms with Gasteiger partial charge in [-0.2, -0.15) is 0 Å². The first-order valence-electron chi connectivity index (χ1n) is 10.4. The van der Waals surface area contributed by atoms with Crippen LogP contribution in [0, 0.1) is 0 Å². The molecule has 0 atom stereocenters. The molecule has 1 heterocycles. The van der Waals surface area contributed by atoms with E-state index in [0.29, 0.717) is 53.4 Å². The molecular weight excluding hydrogens is 595 g/mol. The van der Waals surface area contributed by atoms with Crippen LogP contribution in [0.15, 0.2) is 69.0 Å². The molecule has 5 nitrogen and oxygen atoms in total. The number of ether oxygens (including phenoxy) is 2. The van der Waals surface area contributed by atoms with Crippen molar-refractivity contribution in [2.45, 2.75) is 13.5 Å². The summed E-state index contributed by atoms with van der Waals surface area (Å²) in [5.41, 5.74) is 2.26. The SMILES string of the molecule is CCOc1cc(/C=C2\SC(=Nc3ccc(Cl)cc3)NC2=O)cc(Br)c1OCc1ccc(Cl)cc1Cl. The molecule has 10 heteroatoms. The van der Waals surface area contributed by atoms with E-state index in [1.54, 1.807) is 42.5 Å². The van der Waals surface area contributed by atoms with Crippen LogP contribution in [0.25, 0.3) is 6.08 Å². The number of halogens is 4. The number of amidine groups is 1. The van der Waals surface area contributed by atoms with Gasteiger partial charge in [-0.15, -0.1) is 0 Å². The lowest BCUT2D eigenvalue weighted by molar-refractivity contribution is -0.115. The number of amides is 1. The lowest BCUT2D eigenvalue weighted by Crippen LogP contribution is -2.19. The normalized spacial score (nSPS) is 15.5. The minimum Gasteiger partial charge on any atom is -0.490 e. The van der Waals surface area contributed by atoms with Gasteiger partial charge >= 0.3 is 0 Å². The van der Waals surface area contributed by atoms with E-state index in [4.69, 9.17) is 44.3 Å². The molecular formula is C25H18BrCl3N2O3S. The van der Waals surface area contributed by atoms with Crippen LogP contribution in [0.1, 0.15) is 18.1 Å². The number of benzene rings is 3. The topological polar surface area (TPSA) is 59.9 Å². The summed E-state index contributed by atoms with van der Waals surface area (Å²) >= 11 is 23.0. The molecule has 1 saturated heterocycles. The van der Waals surface area contributed by atoms with E-state index in [1.165, 1.54) is 11.8 Å². The summed E-state index contributed by atoms with van der Waals surface area (Å²) in [6, 6.07) is 16.0. The summed E-state index contributed by atoms with van der Waals surface area (Å²) < 4.78 is 12.5. The van der Waals surface area contributed by atoms with Crippen LogP contribution >= 0.6 is 62.5 Å². The number of aliphatic imine (C=N–C) groups is 1. The maximum Gasteiger partial charge on any atom is 0.264 e. The van der Waals surface area contributed by atoms with E-state index in [9.17, 15) is 4.79 Å². The fourth-order valence-electron chi connectivity index (χ4n) is 3.13. The van der Waals surface area contributed by atoms with E-state index in [1.807, 2.05) is 25.1 Å². The molecule has 0 aromatic heterocycles. The van der Waals surface area contributed by atoms with Crippen molar-refractivity contribution in [3.05, 3.63) is 90.2 Å². The molecule has 35 heavy (non-hydrogen) atoms. The number of hydrogen-bond donors (Lipinski definition) is 1. The lowest BCUT2D eigenvalue weighted by Gasteiger charge is -2.15. The molecule has 1 amide bonds. The number of hydrogen-bond acceptors (Lipinski definition) is 5. The van der Waals surface area contributed by atoms with Gasteiger partial charge in [0.15, 0.2) is 16.7 Å². The third kappa shape index (κ3) is 6.74. The predicted molar refractivity (Wildman–Crippen MR) is 148 cm³/mol. The highest BCUT2D eigenvalue weighted by Crippen LogP contribution is 2.39. The molecule has 0 saturated carbocycles. The molecule has 0 aliphatic carbocycles. The minimum atomic E-state index is -0.227. The monoisotopic (exact) mass is 610 g/mol. The largest absolute Gasteiger partial charge is 0.490 e. The zero-order valence-corrected chi connectivity index (χ0v) is 23.0. The Hall–Kier alpha value is -2.16. The van der Waals surface area contributed by atoms with Gasteiger partial charge in [-0.1, -0.05) is 40.9 Å². The number of nitrogens with zero attached hydrogens (tertiary/aromatic N) is 1. The Balaban J connectivity index is 1.56. The highest BCUT2D eigenvalue weighted by molar-refractivity contribution is 9.10. The minimum absolute atomic E-state index is 0.227. The number of carbonyl (C=O) groups is 1. The first-order chi connectivity index (χ1) is 16.8. The Morgan fingerprint density at radius 3 is 2.49 bits per heavy atom. The summed E-state index contributed by atoms with van der Waals surface area (Å²) in [5, 5.41) is 4.98.